The van der Waals surface area contributed by atoms with Crippen LogP contribution in [0.1, 0.15) is 162 Å². The highest BCUT2D eigenvalue weighted by atomic mass is 31.2. The minimum atomic E-state index is -5.02. The van der Waals surface area contributed by atoms with E-state index in [2.05, 4.69) is 50.3 Å². The molecular weight excluding hydrogens is 727 g/mol. The summed E-state index contributed by atoms with van der Waals surface area (Å²) < 4.78 is 34.1. The van der Waals surface area contributed by atoms with Crippen LogP contribution in [0.15, 0.2) is 36.5 Å². The molecule has 13 heteroatoms. The number of ether oxygens (including phenoxy) is 2. The predicted molar refractivity (Wildman–Crippen MR) is 216 cm³/mol. The number of esters is 1. The van der Waals surface area contributed by atoms with Crippen LogP contribution in [-0.4, -0.2) is 98.9 Å². The van der Waals surface area contributed by atoms with Gasteiger partial charge < -0.3 is 39.9 Å². The van der Waals surface area contributed by atoms with E-state index in [-0.39, 0.29) is 13.0 Å². The van der Waals surface area contributed by atoms with Crippen molar-refractivity contribution in [3.8, 4) is 0 Å². The van der Waals surface area contributed by atoms with E-state index in [1.54, 1.807) is 0 Å². The lowest BCUT2D eigenvalue weighted by Crippen LogP contribution is -2.64. The summed E-state index contributed by atoms with van der Waals surface area (Å²) in [7, 11) is -5.02. The topological polar surface area (TPSA) is 192 Å². The fraction of sp³-hybridized carbons (Fsp3) is 0.833. The monoisotopic (exact) mass is 805 g/mol. The van der Waals surface area contributed by atoms with Gasteiger partial charge in [-0.1, -0.05) is 147 Å². The number of allylic oxidation sites excluding steroid dienone is 6. The molecule has 12 nitrogen and oxygen atoms in total. The van der Waals surface area contributed by atoms with Gasteiger partial charge >= 0.3 is 13.8 Å². The van der Waals surface area contributed by atoms with Gasteiger partial charge in [0.05, 0.1) is 13.2 Å². The Bertz CT molecular complexity index is 1050. The van der Waals surface area contributed by atoms with Crippen LogP contribution in [0.3, 0.4) is 0 Å². The maximum absolute atomic E-state index is 12.8. The van der Waals surface area contributed by atoms with Crippen LogP contribution in [0.5, 0.6) is 0 Å². The molecule has 1 rings (SSSR count). The van der Waals surface area contributed by atoms with E-state index >= 15 is 0 Å². The molecule has 6 atom stereocenters. The minimum absolute atomic E-state index is 0.0818. The highest BCUT2D eigenvalue weighted by Crippen LogP contribution is 2.47. The maximum atomic E-state index is 12.8. The predicted octanol–water partition coefficient (Wildman–Crippen LogP) is 7.92. The second-order valence-corrected chi connectivity index (χ2v) is 16.2. The van der Waals surface area contributed by atoms with Gasteiger partial charge in [0.15, 0.2) is 0 Å². The Morgan fingerprint density at radius 2 is 1.07 bits per heavy atom. The molecule has 0 spiro atoms. The second kappa shape index (κ2) is 33.5. The van der Waals surface area contributed by atoms with E-state index in [0.29, 0.717) is 13.0 Å². The van der Waals surface area contributed by atoms with Crippen LogP contribution < -0.4 is 0 Å². The summed E-state index contributed by atoms with van der Waals surface area (Å²) in [5.41, 5.74) is 0. The Labute approximate surface area is 332 Å². The van der Waals surface area contributed by atoms with E-state index in [9.17, 15) is 39.8 Å². The van der Waals surface area contributed by atoms with Crippen molar-refractivity contribution >= 4 is 13.8 Å². The number of unbranched alkanes of at least 4 members (excludes halogenated alkanes) is 17. The highest BCUT2D eigenvalue weighted by Gasteiger charge is 2.51. The SMILES string of the molecule is CC/C=C\C/C=C\C/C=C\CCCCCCCC(=O)OC(COCCCCCCCCCCCCCCC)COP(=O)(O)OC1C(O)C(O)C(O)C(O)C1O. The molecule has 6 N–H and O–H groups in total. The zero-order valence-electron chi connectivity index (χ0n) is 34.0. The Morgan fingerprint density at radius 3 is 1.64 bits per heavy atom. The first-order valence-corrected chi connectivity index (χ1v) is 22.8. The summed E-state index contributed by atoms with van der Waals surface area (Å²) in [5.74, 6) is -0.494. The van der Waals surface area contributed by atoms with Crippen molar-refractivity contribution in [3.05, 3.63) is 36.5 Å². The number of carbonyl (C=O) groups excluding carboxylic acids is 1. The molecule has 0 saturated heterocycles. The largest absolute Gasteiger partial charge is 0.472 e. The van der Waals surface area contributed by atoms with E-state index in [4.69, 9.17) is 18.5 Å². The molecule has 0 bridgehead atoms. The van der Waals surface area contributed by atoms with Crippen molar-refractivity contribution in [2.24, 2.45) is 0 Å². The van der Waals surface area contributed by atoms with Crippen molar-refractivity contribution < 1.29 is 58.3 Å². The molecule has 55 heavy (non-hydrogen) atoms. The van der Waals surface area contributed by atoms with E-state index in [0.717, 1.165) is 70.6 Å². The molecule has 1 fully saturated rings. The van der Waals surface area contributed by atoms with Crippen molar-refractivity contribution in [2.45, 2.75) is 204 Å². The average molecular weight is 805 g/mol. The number of hydrogen-bond acceptors (Lipinski definition) is 11. The molecule has 1 saturated carbocycles. The van der Waals surface area contributed by atoms with E-state index < -0.39 is 63.1 Å². The van der Waals surface area contributed by atoms with E-state index in [1.165, 1.54) is 64.2 Å². The normalized spacial score (nSPS) is 23.6. The summed E-state index contributed by atoms with van der Waals surface area (Å²) in [6, 6.07) is 0. The van der Waals surface area contributed by atoms with Crippen molar-refractivity contribution in [3.63, 3.8) is 0 Å². The lowest BCUT2D eigenvalue weighted by molar-refractivity contribution is -0.220. The summed E-state index contributed by atoms with van der Waals surface area (Å²) in [4.78, 5) is 23.1. The molecule has 0 radical (unpaired) electrons. The molecule has 0 aromatic rings. The summed E-state index contributed by atoms with van der Waals surface area (Å²) in [6.45, 7) is 4.12. The number of rotatable bonds is 35. The van der Waals surface area contributed by atoms with E-state index in [1.807, 2.05) is 0 Å². The van der Waals surface area contributed by atoms with Crippen LogP contribution in [0, 0.1) is 0 Å². The first-order valence-electron chi connectivity index (χ1n) is 21.3. The average Bonchev–Trinajstić information content (AvgIpc) is 3.17. The van der Waals surface area contributed by atoms with Crippen molar-refractivity contribution in [1.82, 2.24) is 0 Å². The summed E-state index contributed by atoms with van der Waals surface area (Å²) in [6.07, 6.45) is 25.0. The standard InChI is InChI=1S/C42H77O12P/c1-3-5-7-9-11-13-15-17-18-19-21-23-25-27-29-31-36(43)53-35(33-51-32-30-28-26-24-22-20-16-14-12-10-8-6-4-2)34-52-55(49,50)54-42-40(47)38(45)37(44)39(46)41(42)48/h5,7,11,13,17-18,35,37-42,44-48H,3-4,6,8-10,12,14-16,19-34H2,1-2H3,(H,49,50)/b7-5-,13-11-,18-17-. The van der Waals surface area contributed by atoms with Crippen LogP contribution in [0.2, 0.25) is 0 Å². The number of hydrogen-bond donors (Lipinski definition) is 6. The number of aliphatic hydroxyl groups excluding tert-OH is 5. The minimum Gasteiger partial charge on any atom is -0.457 e. The second-order valence-electron chi connectivity index (χ2n) is 14.8. The first kappa shape index (κ1) is 51.6. The first-order chi connectivity index (χ1) is 26.5. The smallest absolute Gasteiger partial charge is 0.457 e. The molecule has 0 heterocycles. The van der Waals surface area contributed by atoms with Gasteiger partial charge in [-0.05, 0) is 44.9 Å². The van der Waals surface area contributed by atoms with Gasteiger partial charge in [0.25, 0.3) is 0 Å². The molecular formula is C42H77O12P. The Morgan fingerprint density at radius 1 is 0.600 bits per heavy atom. The number of phosphoric acid groups is 1. The summed E-state index contributed by atoms with van der Waals surface area (Å²) >= 11 is 0. The van der Waals surface area contributed by atoms with Crippen LogP contribution in [0.25, 0.3) is 0 Å². The van der Waals surface area contributed by atoms with Crippen LogP contribution in [-0.2, 0) is 27.9 Å². The van der Waals surface area contributed by atoms with Gasteiger partial charge in [-0.2, -0.15) is 0 Å². The van der Waals surface area contributed by atoms with Gasteiger partial charge in [0.1, 0.15) is 42.7 Å². The maximum Gasteiger partial charge on any atom is 0.472 e. The fourth-order valence-corrected chi connectivity index (χ4v) is 7.34. The van der Waals surface area contributed by atoms with Crippen LogP contribution in [0.4, 0.5) is 0 Å². The lowest BCUT2D eigenvalue weighted by atomic mass is 9.85. The molecule has 0 aromatic carbocycles. The Kier molecular flexibility index (Phi) is 31.4. The van der Waals surface area contributed by atoms with Crippen molar-refractivity contribution in [1.29, 1.82) is 0 Å². The molecule has 322 valence electrons. The zero-order valence-corrected chi connectivity index (χ0v) is 34.9. The Hall–Kier alpha value is -1.44. The van der Waals surface area contributed by atoms with Gasteiger partial charge in [-0.3, -0.25) is 13.8 Å². The number of aliphatic hydroxyl groups is 5. The molecule has 0 aromatic heterocycles. The van der Waals surface area contributed by atoms with Gasteiger partial charge in [-0.15, -0.1) is 0 Å². The molecule has 1 aliphatic rings. The molecule has 0 amide bonds. The third-order valence-electron chi connectivity index (χ3n) is 9.78. The van der Waals surface area contributed by atoms with Gasteiger partial charge in [-0.25, -0.2) is 4.57 Å². The summed E-state index contributed by atoms with van der Waals surface area (Å²) in [5, 5.41) is 50.1. The van der Waals surface area contributed by atoms with Crippen molar-refractivity contribution in [2.75, 3.05) is 19.8 Å². The third-order valence-corrected chi connectivity index (χ3v) is 10.8. The quantitative estimate of drug-likeness (QED) is 0.0157. The lowest BCUT2D eigenvalue weighted by Gasteiger charge is -2.41. The van der Waals surface area contributed by atoms with Gasteiger partial charge in [0, 0.05) is 13.0 Å². The number of carbonyl (C=O) groups is 1. The van der Waals surface area contributed by atoms with Gasteiger partial charge in [0.2, 0.25) is 0 Å². The fourth-order valence-electron chi connectivity index (χ4n) is 6.37. The molecule has 1 aliphatic carbocycles. The zero-order chi connectivity index (χ0) is 40.6. The number of phosphoric ester groups is 1. The highest BCUT2D eigenvalue weighted by molar-refractivity contribution is 7.47. The third kappa shape index (κ3) is 26.2. The molecule has 6 unspecified atom stereocenters. The Balaban J connectivity index is 2.45. The van der Waals surface area contributed by atoms with Crippen LogP contribution >= 0.6 is 7.82 Å². The molecule has 0 aliphatic heterocycles.